The molecule has 0 saturated carbocycles. The maximum absolute atomic E-state index is 12.5. The van der Waals surface area contributed by atoms with E-state index >= 15 is 0 Å². The third-order valence-corrected chi connectivity index (χ3v) is 5.20. The molecule has 2 aliphatic rings. The van der Waals surface area contributed by atoms with Crippen LogP contribution in [0.25, 0.3) is 11.3 Å². The van der Waals surface area contributed by atoms with Gasteiger partial charge in [-0.1, -0.05) is 35.5 Å². The number of aromatic nitrogens is 1. The van der Waals surface area contributed by atoms with Gasteiger partial charge in [-0.3, -0.25) is 14.6 Å². The number of rotatable bonds is 5. The van der Waals surface area contributed by atoms with Gasteiger partial charge in [0.25, 0.3) is 0 Å². The van der Waals surface area contributed by atoms with E-state index in [4.69, 9.17) is 9.26 Å². The molecule has 1 aromatic carbocycles. The Kier molecular flexibility index (Phi) is 5.81. The number of carbonyl (C=O) groups is 1. The van der Waals surface area contributed by atoms with Gasteiger partial charge in [-0.15, -0.1) is 0 Å². The Bertz CT molecular complexity index is 735. The van der Waals surface area contributed by atoms with Crippen LogP contribution in [0.3, 0.4) is 0 Å². The third kappa shape index (κ3) is 4.74. The van der Waals surface area contributed by atoms with Crippen molar-refractivity contribution < 1.29 is 14.1 Å². The molecule has 2 aromatic rings. The Labute approximate surface area is 159 Å². The first-order valence-electron chi connectivity index (χ1n) is 9.59. The van der Waals surface area contributed by atoms with Crippen molar-refractivity contribution in [2.24, 2.45) is 0 Å². The second-order valence-corrected chi connectivity index (χ2v) is 7.09. The predicted octanol–water partition coefficient (Wildman–Crippen LogP) is 1.32. The molecule has 2 saturated heterocycles. The zero-order chi connectivity index (χ0) is 18.5. The second-order valence-electron chi connectivity index (χ2n) is 7.09. The number of piperazine rings is 1. The molecule has 0 bridgehead atoms. The number of morpholine rings is 1. The Morgan fingerprint density at radius 3 is 2.44 bits per heavy atom. The molecule has 1 aromatic heterocycles. The van der Waals surface area contributed by atoms with Crippen LogP contribution >= 0.6 is 0 Å². The van der Waals surface area contributed by atoms with Gasteiger partial charge in [0, 0.05) is 50.9 Å². The zero-order valence-electron chi connectivity index (χ0n) is 15.5. The molecule has 3 heterocycles. The molecule has 0 atom stereocenters. The first kappa shape index (κ1) is 18.2. The quantitative estimate of drug-likeness (QED) is 0.791. The molecule has 2 fully saturated rings. The molecule has 0 N–H and O–H groups in total. The standard InChI is InChI=1S/C20H26N4O3/c25-20(16-23-10-12-26-13-11-23)24-8-6-22(7-9-24)15-18-14-19(21-27-18)17-4-2-1-3-5-17/h1-5,14H,6-13,15-16H2. The normalized spacial score (nSPS) is 19.3. The molecule has 27 heavy (non-hydrogen) atoms. The number of nitrogens with zero attached hydrogens (tertiary/aromatic N) is 4. The highest BCUT2D eigenvalue weighted by atomic mass is 16.5. The number of amides is 1. The van der Waals surface area contributed by atoms with E-state index in [-0.39, 0.29) is 5.91 Å². The fourth-order valence-corrected chi connectivity index (χ4v) is 3.56. The number of hydrogen-bond donors (Lipinski definition) is 0. The maximum atomic E-state index is 12.5. The monoisotopic (exact) mass is 370 g/mol. The fourth-order valence-electron chi connectivity index (χ4n) is 3.56. The van der Waals surface area contributed by atoms with Crippen molar-refractivity contribution in [3.8, 4) is 11.3 Å². The van der Waals surface area contributed by atoms with Gasteiger partial charge < -0.3 is 14.2 Å². The van der Waals surface area contributed by atoms with Gasteiger partial charge in [-0.25, -0.2) is 0 Å². The van der Waals surface area contributed by atoms with Crippen LogP contribution in [0.4, 0.5) is 0 Å². The molecule has 0 spiro atoms. The lowest BCUT2D eigenvalue weighted by Gasteiger charge is -2.35. The van der Waals surface area contributed by atoms with Crippen LogP contribution in [0.5, 0.6) is 0 Å². The van der Waals surface area contributed by atoms with E-state index in [2.05, 4.69) is 15.0 Å². The molecule has 2 aliphatic heterocycles. The summed E-state index contributed by atoms with van der Waals surface area (Å²) in [4.78, 5) is 19.0. The van der Waals surface area contributed by atoms with Crippen LogP contribution in [-0.4, -0.2) is 84.8 Å². The summed E-state index contributed by atoms with van der Waals surface area (Å²) >= 11 is 0. The summed E-state index contributed by atoms with van der Waals surface area (Å²) in [5.74, 6) is 1.09. The Balaban J connectivity index is 1.25. The van der Waals surface area contributed by atoms with Crippen LogP contribution in [0, 0.1) is 0 Å². The molecular formula is C20H26N4O3. The van der Waals surface area contributed by atoms with Gasteiger partial charge in [-0.2, -0.15) is 0 Å². The van der Waals surface area contributed by atoms with Gasteiger partial charge in [0.1, 0.15) is 5.69 Å². The summed E-state index contributed by atoms with van der Waals surface area (Å²) in [5.41, 5.74) is 1.93. The summed E-state index contributed by atoms with van der Waals surface area (Å²) < 4.78 is 10.8. The minimum absolute atomic E-state index is 0.225. The summed E-state index contributed by atoms with van der Waals surface area (Å²) in [6.07, 6.45) is 0. The molecule has 0 aliphatic carbocycles. The Hall–Kier alpha value is -2.22. The van der Waals surface area contributed by atoms with Gasteiger partial charge in [-0.05, 0) is 0 Å². The predicted molar refractivity (Wildman–Crippen MR) is 101 cm³/mol. The number of ether oxygens (including phenoxy) is 1. The Morgan fingerprint density at radius 2 is 1.70 bits per heavy atom. The molecule has 7 heteroatoms. The van der Waals surface area contributed by atoms with Crippen molar-refractivity contribution in [3.05, 3.63) is 42.2 Å². The topological polar surface area (TPSA) is 62.1 Å². The third-order valence-electron chi connectivity index (χ3n) is 5.20. The van der Waals surface area contributed by atoms with E-state index in [0.717, 1.165) is 76.0 Å². The van der Waals surface area contributed by atoms with Gasteiger partial charge >= 0.3 is 0 Å². The molecule has 144 valence electrons. The van der Waals surface area contributed by atoms with Gasteiger partial charge in [0.2, 0.25) is 5.91 Å². The van der Waals surface area contributed by atoms with Crippen molar-refractivity contribution in [3.63, 3.8) is 0 Å². The molecule has 0 radical (unpaired) electrons. The highest BCUT2D eigenvalue weighted by Gasteiger charge is 2.24. The van der Waals surface area contributed by atoms with Crippen LogP contribution in [-0.2, 0) is 16.1 Å². The van der Waals surface area contributed by atoms with Gasteiger partial charge in [0.15, 0.2) is 5.76 Å². The Morgan fingerprint density at radius 1 is 0.963 bits per heavy atom. The highest BCUT2D eigenvalue weighted by molar-refractivity contribution is 5.78. The fraction of sp³-hybridized carbons (Fsp3) is 0.500. The summed E-state index contributed by atoms with van der Waals surface area (Å²) in [5, 5.41) is 4.18. The molecule has 4 rings (SSSR count). The lowest BCUT2D eigenvalue weighted by molar-refractivity contribution is -0.135. The number of benzene rings is 1. The van der Waals surface area contributed by atoms with E-state index in [0.29, 0.717) is 6.54 Å². The van der Waals surface area contributed by atoms with Gasteiger partial charge in [0.05, 0.1) is 26.3 Å². The summed E-state index contributed by atoms with van der Waals surface area (Å²) in [6.45, 7) is 7.63. The van der Waals surface area contributed by atoms with Crippen LogP contribution < -0.4 is 0 Å². The van der Waals surface area contributed by atoms with Crippen molar-refractivity contribution >= 4 is 5.91 Å². The highest BCUT2D eigenvalue weighted by Crippen LogP contribution is 2.19. The minimum atomic E-state index is 0.225. The summed E-state index contributed by atoms with van der Waals surface area (Å²) in [7, 11) is 0. The van der Waals surface area contributed by atoms with E-state index < -0.39 is 0 Å². The second kappa shape index (κ2) is 8.65. The van der Waals surface area contributed by atoms with Crippen molar-refractivity contribution in [2.75, 3.05) is 59.0 Å². The van der Waals surface area contributed by atoms with Crippen LogP contribution in [0.1, 0.15) is 5.76 Å². The maximum Gasteiger partial charge on any atom is 0.236 e. The number of hydrogen-bond acceptors (Lipinski definition) is 6. The molecule has 1 amide bonds. The van der Waals surface area contributed by atoms with Crippen LogP contribution in [0.15, 0.2) is 40.9 Å². The van der Waals surface area contributed by atoms with Crippen molar-refractivity contribution in [1.29, 1.82) is 0 Å². The first-order chi connectivity index (χ1) is 13.3. The number of carbonyl (C=O) groups excluding carboxylic acids is 1. The van der Waals surface area contributed by atoms with E-state index in [9.17, 15) is 4.79 Å². The minimum Gasteiger partial charge on any atom is -0.379 e. The molecule has 0 unspecified atom stereocenters. The average Bonchev–Trinajstić information content (AvgIpc) is 3.18. The first-order valence-corrected chi connectivity index (χ1v) is 9.59. The SMILES string of the molecule is O=C(CN1CCOCC1)N1CCN(Cc2cc(-c3ccccc3)no2)CC1. The van der Waals surface area contributed by atoms with E-state index in [1.165, 1.54) is 0 Å². The largest absolute Gasteiger partial charge is 0.379 e. The summed E-state index contributed by atoms with van der Waals surface area (Å²) in [6, 6.07) is 12.0. The van der Waals surface area contributed by atoms with E-state index in [1.54, 1.807) is 0 Å². The van der Waals surface area contributed by atoms with E-state index in [1.807, 2.05) is 41.3 Å². The smallest absolute Gasteiger partial charge is 0.236 e. The lowest BCUT2D eigenvalue weighted by Crippen LogP contribution is -2.51. The van der Waals surface area contributed by atoms with Crippen molar-refractivity contribution in [1.82, 2.24) is 19.9 Å². The lowest BCUT2D eigenvalue weighted by atomic mass is 10.1. The average molecular weight is 370 g/mol. The zero-order valence-corrected chi connectivity index (χ0v) is 15.5. The molecule has 7 nitrogen and oxygen atoms in total. The van der Waals surface area contributed by atoms with Crippen LogP contribution in [0.2, 0.25) is 0 Å². The van der Waals surface area contributed by atoms with Crippen molar-refractivity contribution in [2.45, 2.75) is 6.54 Å². The molecular weight excluding hydrogens is 344 g/mol.